The molecule has 1 heterocycles. The Bertz CT molecular complexity index is 478. The number of benzene rings is 1. The topological polar surface area (TPSA) is 50.4 Å². The summed E-state index contributed by atoms with van der Waals surface area (Å²) in [4.78, 5) is 11.6. The second kappa shape index (κ2) is 6.27. The third-order valence-corrected chi connectivity index (χ3v) is 3.22. The van der Waals surface area contributed by atoms with E-state index < -0.39 is 5.60 Å². The molecular weight excluding hydrogens is 252 g/mol. The van der Waals surface area contributed by atoms with E-state index >= 15 is 0 Å². The van der Waals surface area contributed by atoms with Crippen molar-refractivity contribution in [3.05, 3.63) is 34.9 Å². The van der Waals surface area contributed by atoms with Gasteiger partial charge in [-0.1, -0.05) is 18.2 Å². The third kappa shape index (κ3) is 4.53. The molecule has 4 heteroatoms. The summed E-state index contributed by atoms with van der Waals surface area (Å²) in [5.74, 6) is 0. The lowest BCUT2D eigenvalue weighted by molar-refractivity contribution is 0.0523. The summed E-state index contributed by atoms with van der Waals surface area (Å²) in [6, 6.07) is 6.43. The van der Waals surface area contributed by atoms with E-state index in [0.29, 0.717) is 6.54 Å². The highest BCUT2D eigenvalue weighted by Gasteiger charge is 2.16. The van der Waals surface area contributed by atoms with Gasteiger partial charge in [0.15, 0.2) is 0 Å². The predicted octanol–water partition coefficient (Wildman–Crippen LogP) is 2.75. The molecule has 1 aromatic rings. The number of fused-ring (bicyclic) bond motifs is 1. The number of aryl methyl sites for hydroxylation is 1. The smallest absolute Gasteiger partial charge is 0.407 e. The van der Waals surface area contributed by atoms with E-state index in [2.05, 4.69) is 28.8 Å². The van der Waals surface area contributed by atoms with Gasteiger partial charge in [0.1, 0.15) is 5.60 Å². The van der Waals surface area contributed by atoms with E-state index in [4.69, 9.17) is 4.74 Å². The van der Waals surface area contributed by atoms with Crippen molar-refractivity contribution in [3.8, 4) is 0 Å². The van der Waals surface area contributed by atoms with Gasteiger partial charge >= 0.3 is 6.09 Å². The summed E-state index contributed by atoms with van der Waals surface area (Å²) in [6.45, 7) is 8.07. The normalized spacial score (nSPS) is 15.2. The molecule has 0 aromatic heterocycles. The summed E-state index contributed by atoms with van der Waals surface area (Å²) < 4.78 is 5.23. The Balaban J connectivity index is 1.94. The fourth-order valence-corrected chi connectivity index (χ4v) is 2.31. The molecule has 0 fully saturated rings. The molecule has 1 aromatic carbocycles. The van der Waals surface area contributed by atoms with Crippen LogP contribution in [0.25, 0.3) is 0 Å². The van der Waals surface area contributed by atoms with Crippen molar-refractivity contribution in [3.63, 3.8) is 0 Å². The number of hydrogen-bond donors (Lipinski definition) is 2. The Kier molecular flexibility index (Phi) is 4.65. The van der Waals surface area contributed by atoms with E-state index in [0.717, 1.165) is 25.1 Å². The van der Waals surface area contributed by atoms with Crippen LogP contribution >= 0.6 is 0 Å². The van der Waals surface area contributed by atoms with E-state index in [9.17, 15) is 4.79 Å². The minimum absolute atomic E-state index is 0.370. The van der Waals surface area contributed by atoms with Crippen molar-refractivity contribution in [1.82, 2.24) is 10.6 Å². The number of nitrogens with one attached hydrogen (secondary N) is 2. The Morgan fingerprint density at radius 3 is 2.90 bits per heavy atom. The number of hydrogen-bond acceptors (Lipinski definition) is 3. The lowest BCUT2D eigenvalue weighted by Crippen LogP contribution is -2.32. The molecule has 20 heavy (non-hydrogen) atoms. The largest absolute Gasteiger partial charge is 0.444 e. The number of ether oxygens (including phenoxy) is 1. The second-order valence-electron chi connectivity index (χ2n) is 6.24. The molecule has 1 aliphatic rings. The first kappa shape index (κ1) is 14.9. The van der Waals surface area contributed by atoms with E-state index in [-0.39, 0.29) is 6.09 Å². The Hall–Kier alpha value is -1.55. The van der Waals surface area contributed by atoms with Gasteiger partial charge in [0.05, 0.1) is 0 Å². The van der Waals surface area contributed by atoms with Gasteiger partial charge in [-0.3, -0.25) is 0 Å². The number of rotatable bonds is 2. The van der Waals surface area contributed by atoms with Crippen molar-refractivity contribution in [1.29, 1.82) is 0 Å². The Morgan fingerprint density at radius 2 is 2.15 bits per heavy atom. The Morgan fingerprint density at radius 1 is 1.35 bits per heavy atom. The van der Waals surface area contributed by atoms with Crippen LogP contribution in [0.15, 0.2) is 18.2 Å². The molecule has 1 aliphatic heterocycles. The highest BCUT2D eigenvalue weighted by atomic mass is 16.6. The zero-order chi connectivity index (χ0) is 14.6. The van der Waals surface area contributed by atoms with E-state index in [1.54, 1.807) is 0 Å². The third-order valence-electron chi connectivity index (χ3n) is 3.22. The molecule has 0 radical (unpaired) electrons. The first-order valence-corrected chi connectivity index (χ1v) is 7.22. The highest BCUT2D eigenvalue weighted by Crippen LogP contribution is 2.16. The summed E-state index contributed by atoms with van der Waals surface area (Å²) in [5.41, 5.74) is 3.40. The molecule has 0 aliphatic carbocycles. The molecule has 110 valence electrons. The number of alkyl carbamates (subject to hydrolysis) is 1. The van der Waals surface area contributed by atoms with Crippen LogP contribution in [0.2, 0.25) is 0 Å². The van der Waals surface area contributed by atoms with E-state index in [1.165, 1.54) is 17.5 Å². The molecule has 2 rings (SSSR count). The number of carbonyl (C=O) groups excluding carboxylic acids is 1. The molecule has 0 saturated carbocycles. The number of carbonyl (C=O) groups is 1. The minimum Gasteiger partial charge on any atom is -0.444 e. The maximum atomic E-state index is 11.6. The van der Waals surface area contributed by atoms with Gasteiger partial charge in [0, 0.05) is 13.1 Å². The summed E-state index contributed by atoms with van der Waals surface area (Å²) in [5, 5.41) is 6.21. The maximum Gasteiger partial charge on any atom is 0.407 e. The second-order valence-corrected chi connectivity index (χ2v) is 6.24. The molecule has 0 spiro atoms. The quantitative estimate of drug-likeness (QED) is 0.873. The predicted molar refractivity (Wildman–Crippen MR) is 79.5 cm³/mol. The van der Waals surface area contributed by atoms with Crippen molar-refractivity contribution in [2.24, 2.45) is 0 Å². The molecule has 2 N–H and O–H groups in total. The van der Waals surface area contributed by atoms with Gasteiger partial charge in [-0.25, -0.2) is 4.79 Å². The Labute approximate surface area is 120 Å². The van der Waals surface area contributed by atoms with Crippen LogP contribution in [0.5, 0.6) is 0 Å². The monoisotopic (exact) mass is 276 g/mol. The fourth-order valence-electron chi connectivity index (χ4n) is 2.31. The molecule has 0 bridgehead atoms. The lowest BCUT2D eigenvalue weighted by atomic mass is 10.0. The van der Waals surface area contributed by atoms with Crippen molar-refractivity contribution >= 4 is 6.09 Å². The highest BCUT2D eigenvalue weighted by molar-refractivity contribution is 5.67. The van der Waals surface area contributed by atoms with Crippen LogP contribution < -0.4 is 10.6 Å². The minimum atomic E-state index is -0.457. The standard InChI is InChI=1S/C16H24N2O2/c1-16(2,3)20-15(19)18-10-12-6-7-13-5-4-8-17-11-14(13)9-12/h6-7,9,17H,4-5,8,10-11H2,1-3H3,(H,18,19). The maximum absolute atomic E-state index is 11.6. The first-order valence-electron chi connectivity index (χ1n) is 7.22. The van der Waals surface area contributed by atoms with Gasteiger partial charge in [0.2, 0.25) is 0 Å². The van der Waals surface area contributed by atoms with Gasteiger partial charge < -0.3 is 15.4 Å². The molecular formula is C16H24N2O2. The van der Waals surface area contributed by atoms with Crippen LogP contribution in [-0.4, -0.2) is 18.2 Å². The van der Waals surface area contributed by atoms with Crippen LogP contribution in [0.1, 0.15) is 43.9 Å². The summed E-state index contributed by atoms with van der Waals surface area (Å²) >= 11 is 0. The van der Waals surface area contributed by atoms with Crippen molar-refractivity contribution in [2.45, 2.75) is 52.3 Å². The molecule has 4 nitrogen and oxygen atoms in total. The van der Waals surface area contributed by atoms with Gasteiger partial charge in [0.25, 0.3) is 0 Å². The molecule has 1 amide bonds. The lowest BCUT2D eigenvalue weighted by Gasteiger charge is -2.19. The average Bonchev–Trinajstić information content (AvgIpc) is 2.58. The zero-order valence-electron chi connectivity index (χ0n) is 12.6. The van der Waals surface area contributed by atoms with Gasteiger partial charge in [-0.2, -0.15) is 0 Å². The molecule has 0 unspecified atom stereocenters. The van der Waals surface area contributed by atoms with Crippen molar-refractivity contribution < 1.29 is 9.53 Å². The first-order chi connectivity index (χ1) is 9.44. The SMILES string of the molecule is CC(C)(C)OC(=O)NCc1ccc2c(c1)CNCCC2. The van der Waals surface area contributed by atoms with Crippen molar-refractivity contribution in [2.75, 3.05) is 6.54 Å². The van der Waals surface area contributed by atoms with Crippen LogP contribution in [0, 0.1) is 0 Å². The summed E-state index contributed by atoms with van der Waals surface area (Å²) in [7, 11) is 0. The van der Waals surface area contributed by atoms with Crippen LogP contribution in [-0.2, 0) is 24.2 Å². The van der Waals surface area contributed by atoms with Gasteiger partial charge in [-0.05, 0) is 56.8 Å². The summed E-state index contributed by atoms with van der Waals surface area (Å²) in [6.07, 6.45) is 1.94. The van der Waals surface area contributed by atoms with Gasteiger partial charge in [-0.15, -0.1) is 0 Å². The zero-order valence-corrected chi connectivity index (χ0v) is 12.6. The molecule has 0 saturated heterocycles. The van der Waals surface area contributed by atoms with Crippen LogP contribution in [0.4, 0.5) is 4.79 Å². The molecule has 0 atom stereocenters. The average molecular weight is 276 g/mol. The fraction of sp³-hybridized carbons (Fsp3) is 0.562. The van der Waals surface area contributed by atoms with Crippen LogP contribution in [0.3, 0.4) is 0 Å². The number of amides is 1. The van der Waals surface area contributed by atoms with E-state index in [1.807, 2.05) is 20.8 Å².